The molecule has 0 heterocycles. The molecule has 2 aromatic rings. The number of nitrogens with two attached hydrogens (primary N) is 1. The standard InChI is InChI=1S/C14H10Cl2N2O4/c15-7-1-4-12(19)10(5-7)13(14(17)20)9-3-2-8(18(21)22)6-11(9)16/h1-6,13,19H,(H2,17,20). The molecule has 1 atom stereocenters. The first-order valence-electron chi connectivity index (χ1n) is 6.03. The number of non-ortho nitro benzene ring substituents is 1. The summed E-state index contributed by atoms with van der Waals surface area (Å²) in [6.45, 7) is 0. The first-order valence-corrected chi connectivity index (χ1v) is 6.78. The molecule has 22 heavy (non-hydrogen) atoms. The third-order valence-electron chi connectivity index (χ3n) is 3.09. The summed E-state index contributed by atoms with van der Waals surface area (Å²) in [5.41, 5.74) is 5.61. The molecule has 1 amide bonds. The highest BCUT2D eigenvalue weighted by Gasteiger charge is 2.26. The van der Waals surface area contributed by atoms with Crippen LogP contribution in [0.2, 0.25) is 10.0 Å². The van der Waals surface area contributed by atoms with Crippen LogP contribution in [0.1, 0.15) is 17.0 Å². The van der Waals surface area contributed by atoms with E-state index in [1.807, 2.05) is 0 Å². The van der Waals surface area contributed by atoms with Crippen molar-refractivity contribution in [2.45, 2.75) is 5.92 Å². The van der Waals surface area contributed by atoms with Crippen molar-refractivity contribution in [3.63, 3.8) is 0 Å². The van der Waals surface area contributed by atoms with Gasteiger partial charge in [-0.15, -0.1) is 0 Å². The number of halogens is 2. The maximum Gasteiger partial charge on any atom is 0.270 e. The van der Waals surface area contributed by atoms with Crippen LogP contribution in [0.3, 0.4) is 0 Å². The van der Waals surface area contributed by atoms with Gasteiger partial charge < -0.3 is 10.8 Å². The maximum absolute atomic E-state index is 11.8. The number of benzene rings is 2. The molecule has 0 spiro atoms. The fourth-order valence-electron chi connectivity index (χ4n) is 2.09. The van der Waals surface area contributed by atoms with Gasteiger partial charge in [0.2, 0.25) is 5.91 Å². The molecule has 114 valence electrons. The molecule has 0 radical (unpaired) electrons. The van der Waals surface area contributed by atoms with E-state index in [0.29, 0.717) is 5.02 Å². The molecule has 0 aliphatic rings. The second-order valence-corrected chi connectivity index (χ2v) is 5.35. The average molecular weight is 341 g/mol. The number of rotatable bonds is 4. The largest absolute Gasteiger partial charge is 0.508 e. The SMILES string of the molecule is NC(=O)C(c1cc(Cl)ccc1O)c1ccc([N+](=O)[O-])cc1Cl. The number of nitro groups is 1. The predicted molar refractivity (Wildman–Crippen MR) is 82.3 cm³/mol. The molecular weight excluding hydrogens is 331 g/mol. The molecule has 0 aromatic heterocycles. The van der Waals surface area contributed by atoms with Crippen molar-refractivity contribution in [3.8, 4) is 5.75 Å². The Morgan fingerprint density at radius 3 is 2.41 bits per heavy atom. The average Bonchev–Trinajstić information content (AvgIpc) is 2.44. The molecule has 2 aromatic carbocycles. The molecule has 0 saturated heterocycles. The van der Waals surface area contributed by atoms with Crippen molar-refractivity contribution in [2.75, 3.05) is 0 Å². The summed E-state index contributed by atoms with van der Waals surface area (Å²) in [4.78, 5) is 21.9. The smallest absolute Gasteiger partial charge is 0.270 e. The minimum atomic E-state index is -1.08. The number of nitro benzene ring substituents is 1. The third kappa shape index (κ3) is 3.13. The van der Waals surface area contributed by atoms with Crippen molar-refractivity contribution in [2.24, 2.45) is 5.73 Å². The van der Waals surface area contributed by atoms with Crippen molar-refractivity contribution < 1.29 is 14.8 Å². The summed E-state index contributed by atoms with van der Waals surface area (Å²) in [6, 6.07) is 7.83. The van der Waals surface area contributed by atoms with Crippen LogP contribution in [0.15, 0.2) is 36.4 Å². The summed E-state index contributed by atoms with van der Waals surface area (Å²) < 4.78 is 0. The van der Waals surface area contributed by atoms with E-state index in [0.717, 1.165) is 6.07 Å². The molecule has 0 aliphatic carbocycles. The van der Waals surface area contributed by atoms with E-state index in [9.17, 15) is 20.0 Å². The van der Waals surface area contributed by atoms with Gasteiger partial charge in [-0.25, -0.2) is 0 Å². The highest BCUT2D eigenvalue weighted by atomic mass is 35.5. The molecule has 2 rings (SSSR count). The highest BCUT2D eigenvalue weighted by molar-refractivity contribution is 6.32. The van der Waals surface area contributed by atoms with Crippen LogP contribution in [-0.4, -0.2) is 15.9 Å². The first-order chi connectivity index (χ1) is 10.3. The number of primary amides is 1. The Morgan fingerprint density at radius 2 is 1.86 bits per heavy atom. The zero-order valence-corrected chi connectivity index (χ0v) is 12.5. The summed E-state index contributed by atoms with van der Waals surface area (Å²) >= 11 is 11.9. The lowest BCUT2D eigenvalue weighted by molar-refractivity contribution is -0.384. The van der Waals surface area contributed by atoms with Crippen LogP contribution in [0.4, 0.5) is 5.69 Å². The molecule has 3 N–H and O–H groups in total. The number of hydrogen-bond acceptors (Lipinski definition) is 4. The molecule has 8 heteroatoms. The van der Waals surface area contributed by atoms with Gasteiger partial charge >= 0.3 is 0 Å². The van der Waals surface area contributed by atoms with E-state index in [1.54, 1.807) is 0 Å². The summed E-state index contributed by atoms with van der Waals surface area (Å²) in [5.74, 6) is -2.03. The van der Waals surface area contributed by atoms with E-state index in [2.05, 4.69) is 0 Å². The normalized spacial score (nSPS) is 11.9. The monoisotopic (exact) mass is 340 g/mol. The van der Waals surface area contributed by atoms with Gasteiger partial charge in [-0.05, 0) is 29.8 Å². The summed E-state index contributed by atoms with van der Waals surface area (Å²) in [7, 11) is 0. The minimum Gasteiger partial charge on any atom is -0.508 e. The third-order valence-corrected chi connectivity index (χ3v) is 3.65. The van der Waals surface area contributed by atoms with Gasteiger partial charge in [0.05, 0.1) is 15.9 Å². The summed E-state index contributed by atoms with van der Waals surface area (Å²) in [6.07, 6.45) is 0. The zero-order chi connectivity index (χ0) is 16.4. The van der Waals surface area contributed by atoms with Crippen LogP contribution < -0.4 is 5.73 Å². The number of amides is 1. The van der Waals surface area contributed by atoms with Gasteiger partial charge in [0.1, 0.15) is 5.75 Å². The highest BCUT2D eigenvalue weighted by Crippen LogP contribution is 2.37. The number of carbonyl (C=O) groups is 1. The second-order valence-electron chi connectivity index (χ2n) is 4.50. The second kappa shape index (κ2) is 6.21. The van der Waals surface area contributed by atoms with Gasteiger partial charge in [0.15, 0.2) is 0 Å². The zero-order valence-electron chi connectivity index (χ0n) is 11.0. The molecule has 6 nitrogen and oxygen atoms in total. The molecule has 0 fully saturated rings. The molecule has 0 saturated carbocycles. The Hall–Kier alpha value is -2.31. The van der Waals surface area contributed by atoms with Crippen molar-refractivity contribution in [1.82, 2.24) is 0 Å². The fraction of sp³-hybridized carbons (Fsp3) is 0.0714. The number of phenols is 1. The lowest BCUT2D eigenvalue weighted by atomic mass is 9.90. The van der Waals surface area contributed by atoms with E-state index in [4.69, 9.17) is 28.9 Å². The van der Waals surface area contributed by atoms with E-state index < -0.39 is 16.7 Å². The minimum absolute atomic E-state index is 0.00243. The van der Waals surface area contributed by atoms with Crippen LogP contribution in [0.5, 0.6) is 5.75 Å². The van der Waals surface area contributed by atoms with E-state index >= 15 is 0 Å². The van der Waals surface area contributed by atoms with Gasteiger partial charge in [0.25, 0.3) is 5.69 Å². The predicted octanol–water partition coefficient (Wildman–Crippen LogP) is 3.22. The van der Waals surface area contributed by atoms with Crippen LogP contribution in [0, 0.1) is 10.1 Å². The van der Waals surface area contributed by atoms with Crippen molar-refractivity contribution in [1.29, 1.82) is 0 Å². The number of phenolic OH excluding ortho intramolecular Hbond substituents is 1. The Balaban J connectivity index is 2.61. The van der Waals surface area contributed by atoms with Crippen molar-refractivity contribution >= 4 is 34.8 Å². The maximum atomic E-state index is 11.8. The van der Waals surface area contributed by atoms with Crippen LogP contribution in [0.25, 0.3) is 0 Å². The van der Waals surface area contributed by atoms with Gasteiger partial charge in [-0.2, -0.15) is 0 Å². The van der Waals surface area contributed by atoms with Crippen LogP contribution >= 0.6 is 23.2 Å². The van der Waals surface area contributed by atoms with E-state index in [-0.39, 0.29) is 27.6 Å². The molecule has 1 unspecified atom stereocenters. The van der Waals surface area contributed by atoms with Crippen molar-refractivity contribution in [3.05, 3.63) is 67.7 Å². The molecule has 0 aliphatic heterocycles. The first kappa shape index (κ1) is 16.1. The fourth-order valence-corrected chi connectivity index (χ4v) is 2.56. The molecule has 0 bridgehead atoms. The van der Waals surface area contributed by atoms with Crippen LogP contribution in [-0.2, 0) is 4.79 Å². The number of aromatic hydroxyl groups is 1. The number of carbonyl (C=O) groups excluding carboxylic acids is 1. The molecular formula is C14H10Cl2N2O4. The lowest BCUT2D eigenvalue weighted by Crippen LogP contribution is -2.23. The number of nitrogens with zero attached hydrogens (tertiary/aromatic N) is 1. The Morgan fingerprint density at radius 1 is 1.18 bits per heavy atom. The Labute approximate surface area is 135 Å². The summed E-state index contributed by atoms with van der Waals surface area (Å²) in [5, 5.41) is 21.0. The Kier molecular flexibility index (Phi) is 4.54. The quantitative estimate of drug-likeness (QED) is 0.658. The Bertz CT molecular complexity index is 765. The lowest BCUT2D eigenvalue weighted by Gasteiger charge is -2.17. The van der Waals surface area contributed by atoms with E-state index in [1.165, 1.54) is 30.3 Å². The topological polar surface area (TPSA) is 106 Å². The van der Waals surface area contributed by atoms with Gasteiger partial charge in [-0.1, -0.05) is 23.2 Å². The van der Waals surface area contributed by atoms with Gasteiger partial charge in [0, 0.05) is 22.7 Å². The number of hydrogen-bond donors (Lipinski definition) is 2. The van der Waals surface area contributed by atoms with Gasteiger partial charge in [-0.3, -0.25) is 14.9 Å².